The van der Waals surface area contributed by atoms with Crippen molar-refractivity contribution < 1.29 is 17.7 Å². The van der Waals surface area contributed by atoms with Crippen LogP contribution >= 0.6 is 0 Å². The lowest BCUT2D eigenvalue weighted by atomic mass is 10.1. The molecule has 0 heterocycles. The summed E-state index contributed by atoms with van der Waals surface area (Å²) in [5, 5.41) is 2.08. The molecule has 0 radical (unpaired) electrons. The minimum atomic E-state index is -2.48. The van der Waals surface area contributed by atoms with Crippen molar-refractivity contribution in [3.63, 3.8) is 0 Å². The van der Waals surface area contributed by atoms with E-state index in [1.165, 1.54) is 0 Å². The maximum Gasteiger partial charge on any atom is 0.127 e. The second kappa shape index (κ2) is 5.77. The maximum atomic E-state index is 10.1. The van der Waals surface area contributed by atoms with Crippen LogP contribution in [0.3, 0.4) is 0 Å². The molecule has 0 aliphatic carbocycles. The van der Waals surface area contributed by atoms with E-state index >= 15 is 0 Å². The van der Waals surface area contributed by atoms with Gasteiger partial charge in [-0.05, 0) is 11.5 Å². The van der Waals surface area contributed by atoms with Crippen LogP contribution in [-0.2, 0) is 15.5 Å². The monoisotopic (exact) mass is 251 g/mol. The molecule has 0 saturated carbocycles. The minimum Gasteiger partial charge on any atom is -0.750 e. The molecule has 0 amide bonds. The Hall–Kier alpha value is -1.43. The number of fused-ring (bicyclic) bond motifs is 1. The van der Waals surface area contributed by atoms with Crippen molar-refractivity contribution in [1.29, 1.82) is 0 Å². The first-order chi connectivity index (χ1) is 8.27. The Kier molecular flexibility index (Phi) is 4.08. The largest absolute Gasteiger partial charge is 0.750 e. The summed E-state index contributed by atoms with van der Waals surface area (Å²) in [5.74, 6) is 0.725. The van der Waals surface area contributed by atoms with Gasteiger partial charge in [0, 0.05) is 5.39 Å². The molecule has 0 saturated heterocycles. The van der Waals surface area contributed by atoms with Gasteiger partial charge in [0.2, 0.25) is 0 Å². The van der Waals surface area contributed by atoms with Crippen molar-refractivity contribution >= 4 is 22.1 Å². The van der Waals surface area contributed by atoms with Crippen LogP contribution in [0.1, 0.15) is 0 Å². The molecule has 4 nitrogen and oxygen atoms in total. The highest BCUT2D eigenvalue weighted by molar-refractivity contribution is 7.74. The molecular weight excluding hydrogens is 240 g/mol. The Morgan fingerprint density at radius 2 is 1.82 bits per heavy atom. The molecular formula is C12H11O4S-. The van der Waals surface area contributed by atoms with Crippen LogP contribution in [0.5, 0.6) is 5.75 Å². The van der Waals surface area contributed by atoms with Crippen LogP contribution < -0.4 is 4.74 Å². The first-order valence-corrected chi connectivity index (χ1v) is 6.10. The van der Waals surface area contributed by atoms with Crippen LogP contribution in [0.15, 0.2) is 42.5 Å². The third-order valence-electron chi connectivity index (χ3n) is 2.27. The van der Waals surface area contributed by atoms with Gasteiger partial charge in [-0.2, -0.15) is 0 Å². The Morgan fingerprint density at radius 1 is 1.06 bits per heavy atom. The summed E-state index contributed by atoms with van der Waals surface area (Å²) < 4.78 is 30.1. The molecule has 0 aliphatic rings. The first-order valence-electron chi connectivity index (χ1n) is 5.10. The lowest BCUT2D eigenvalue weighted by Crippen LogP contribution is -2.08. The lowest BCUT2D eigenvalue weighted by Gasteiger charge is -2.10. The summed E-state index contributed by atoms with van der Waals surface area (Å²) in [6.07, 6.45) is 0. The smallest absolute Gasteiger partial charge is 0.127 e. The van der Waals surface area contributed by atoms with Crippen LogP contribution in [0, 0.1) is 0 Å². The summed E-state index contributed by atoms with van der Waals surface area (Å²) in [4.78, 5) is 0. The number of hydrogen-bond acceptors (Lipinski definition) is 4. The molecule has 1 unspecified atom stereocenters. The van der Waals surface area contributed by atoms with E-state index < -0.39 is 11.4 Å². The number of benzene rings is 2. The highest BCUT2D eigenvalue weighted by atomic mass is 32.2. The average Bonchev–Trinajstić information content (AvgIpc) is 2.34. The fourth-order valence-corrected chi connectivity index (χ4v) is 1.78. The van der Waals surface area contributed by atoms with Gasteiger partial charge in [-0.3, -0.25) is 4.18 Å². The molecule has 1 atom stereocenters. The van der Waals surface area contributed by atoms with Crippen LogP contribution in [0.4, 0.5) is 0 Å². The van der Waals surface area contributed by atoms with Crippen LogP contribution in [0.2, 0.25) is 0 Å². The summed E-state index contributed by atoms with van der Waals surface area (Å²) >= 11 is -2.48. The molecule has 0 aromatic heterocycles. The minimum absolute atomic E-state index is 0.0132. The first kappa shape index (κ1) is 12.0. The van der Waals surface area contributed by atoms with Crippen molar-refractivity contribution in [2.75, 3.05) is 13.2 Å². The summed E-state index contributed by atoms with van der Waals surface area (Å²) in [6.45, 7) is 0.210. The molecule has 2 aromatic carbocycles. The molecule has 90 valence electrons. The van der Waals surface area contributed by atoms with Gasteiger partial charge in [-0.25, -0.2) is 4.21 Å². The molecule has 0 spiro atoms. The van der Waals surface area contributed by atoms with Crippen molar-refractivity contribution in [3.8, 4) is 5.75 Å². The Morgan fingerprint density at radius 3 is 2.65 bits per heavy atom. The summed E-state index contributed by atoms with van der Waals surface area (Å²) in [7, 11) is 0. The zero-order chi connectivity index (χ0) is 12.1. The van der Waals surface area contributed by atoms with E-state index in [1.807, 2.05) is 42.5 Å². The summed E-state index contributed by atoms with van der Waals surface area (Å²) in [6, 6.07) is 13.6. The van der Waals surface area contributed by atoms with Gasteiger partial charge >= 0.3 is 0 Å². The lowest BCUT2D eigenvalue weighted by molar-refractivity contribution is 0.217. The predicted octanol–water partition coefficient (Wildman–Crippen LogP) is 2.03. The van der Waals surface area contributed by atoms with E-state index in [2.05, 4.69) is 4.18 Å². The number of hydrogen-bond donors (Lipinski definition) is 0. The Bertz CT molecular complexity index is 521. The molecule has 0 N–H and O–H groups in total. The molecule has 0 bridgehead atoms. The van der Waals surface area contributed by atoms with Crippen molar-refractivity contribution in [1.82, 2.24) is 0 Å². The third kappa shape index (κ3) is 3.26. The van der Waals surface area contributed by atoms with Gasteiger partial charge < -0.3 is 9.29 Å². The quantitative estimate of drug-likeness (QED) is 0.602. The van der Waals surface area contributed by atoms with Crippen molar-refractivity contribution in [2.24, 2.45) is 0 Å². The highest BCUT2D eigenvalue weighted by Gasteiger charge is 2.00. The molecule has 17 heavy (non-hydrogen) atoms. The number of rotatable bonds is 5. The van der Waals surface area contributed by atoms with Gasteiger partial charge in [0.25, 0.3) is 0 Å². The van der Waals surface area contributed by atoms with E-state index in [9.17, 15) is 8.76 Å². The van der Waals surface area contributed by atoms with Crippen LogP contribution in [-0.4, -0.2) is 22.0 Å². The SMILES string of the molecule is O=S([O-])OCCOc1cccc2ccccc12. The summed E-state index contributed by atoms with van der Waals surface area (Å²) in [5.41, 5.74) is 0. The molecule has 5 heteroatoms. The molecule has 2 aromatic rings. The fraction of sp³-hybridized carbons (Fsp3) is 0.167. The second-order valence-electron chi connectivity index (χ2n) is 3.35. The van der Waals surface area contributed by atoms with E-state index in [-0.39, 0.29) is 13.2 Å². The maximum absolute atomic E-state index is 10.1. The third-order valence-corrected chi connectivity index (χ3v) is 2.63. The highest BCUT2D eigenvalue weighted by Crippen LogP contribution is 2.24. The van der Waals surface area contributed by atoms with Gasteiger partial charge in [0.15, 0.2) is 0 Å². The topological polar surface area (TPSA) is 58.6 Å². The van der Waals surface area contributed by atoms with Gasteiger partial charge in [-0.15, -0.1) is 0 Å². The fourth-order valence-electron chi connectivity index (χ4n) is 1.58. The van der Waals surface area contributed by atoms with Crippen molar-refractivity contribution in [2.45, 2.75) is 0 Å². The van der Waals surface area contributed by atoms with Crippen molar-refractivity contribution in [3.05, 3.63) is 42.5 Å². The Balaban J connectivity index is 2.05. The predicted molar refractivity (Wildman–Crippen MR) is 64.3 cm³/mol. The van der Waals surface area contributed by atoms with E-state index in [1.54, 1.807) is 0 Å². The van der Waals surface area contributed by atoms with Gasteiger partial charge in [0.1, 0.15) is 12.4 Å². The standard InChI is InChI=1S/C12H12O4S/c13-17(14)16-9-8-15-12-7-3-5-10-4-1-2-6-11(10)12/h1-7H,8-9H2,(H,13,14)/p-1. The van der Waals surface area contributed by atoms with Gasteiger partial charge in [0.05, 0.1) is 18.0 Å². The van der Waals surface area contributed by atoms with Gasteiger partial charge in [-0.1, -0.05) is 36.4 Å². The molecule has 2 rings (SSSR count). The zero-order valence-electron chi connectivity index (χ0n) is 9.00. The van der Waals surface area contributed by atoms with Crippen LogP contribution in [0.25, 0.3) is 10.8 Å². The molecule has 0 fully saturated rings. The Labute approximate surface area is 102 Å². The number of ether oxygens (including phenoxy) is 1. The zero-order valence-corrected chi connectivity index (χ0v) is 9.81. The second-order valence-corrected chi connectivity index (χ2v) is 4.00. The molecule has 0 aliphatic heterocycles. The van der Waals surface area contributed by atoms with E-state index in [4.69, 9.17) is 4.74 Å². The van der Waals surface area contributed by atoms with E-state index in [0.29, 0.717) is 0 Å². The normalized spacial score (nSPS) is 12.5. The van der Waals surface area contributed by atoms with E-state index in [0.717, 1.165) is 16.5 Å². The average molecular weight is 251 g/mol.